The van der Waals surface area contributed by atoms with Gasteiger partial charge in [0.25, 0.3) is 5.91 Å². The number of ether oxygens (including phenoxy) is 3. The van der Waals surface area contributed by atoms with Gasteiger partial charge in [0.05, 0.1) is 27.9 Å². The second kappa shape index (κ2) is 9.31. The Morgan fingerprint density at radius 3 is 2.15 bits per heavy atom. The molecule has 0 fully saturated rings. The van der Waals surface area contributed by atoms with Crippen molar-refractivity contribution in [2.45, 2.75) is 6.54 Å². The van der Waals surface area contributed by atoms with Gasteiger partial charge in [-0.05, 0) is 18.2 Å². The van der Waals surface area contributed by atoms with Gasteiger partial charge in [-0.25, -0.2) is 0 Å². The summed E-state index contributed by atoms with van der Waals surface area (Å²) in [6.07, 6.45) is 0. The average molecular weight is 358 g/mol. The van der Waals surface area contributed by atoms with Gasteiger partial charge in [-0.2, -0.15) is 0 Å². The zero-order chi connectivity index (χ0) is 18.9. The van der Waals surface area contributed by atoms with Gasteiger partial charge < -0.3 is 24.8 Å². The van der Waals surface area contributed by atoms with Crippen LogP contribution in [-0.4, -0.2) is 39.7 Å². The van der Waals surface area contributed by atoms with Crippen molar-refractivity contribution < 1.29 is 23.8 Å². The Hall–Kier alpha value is -3.22. The summed E-state index contributed by atoms with van der Waals surface area (Å²) in [5, 5.41) is 5.32. The highest BCUT2D eigenvalue weighted by Crippen LogP contribution is 2.22. The fraction of sp³-hybridized carbons (Fsp3) is 0.263. The summed E-state index contributed by atoms with van der Waals surface area (Å²) in [5.41, 5.74) is 1.20. The molecule has 138 valence electrons. The third kappa shape index (κ3) is 5.14. The van der Waals surface area contributed by atoms with Crippen molar-refractivity contribution in [2.24, 2.45) is 0 Å². The first-order chi connectivity index (χ1) is 12.6. The first-order valence-electron chi connectivity index (χ1n) is 7.97. The molecule has 0 aliphatic rings. The van der Waals surface area contributed by atoms with Gasteiger partial charge in [-0.1, -0.05) is 18.2 Å². The number of hydrogen-bond donors (Lipinski definition) is 2. The van der Waals surface area contributed by atoms with E-state index >= 15 is 0 Å². The van der Waals surface area contributed by atoms with Crippen LogP contribution in [0.3, 0.4) is 0 Å². The van der Waals surface area contributed by atoms with Crippen LogP contribution in [0.4, 0.5) is 0 Å². The van der Waals surface area contributed by atoms with E-state index in [-0.39, 0.29) is 12.5 Å². The van der Waals surface area contributed by atoms with Crippen molar-refractivity contribution >= 4 is 11.8 Å². The number of benzene rings is 2. The maximum absolute atomic E-state index is 12.2. The highest BCUT2D eigenvalue weighted by Gasteiger charge is 2.12. The minimum absolute atomic E-state index is 0.145. The van der Waals surface area contributed by atoms with Crippen LogP contribution in [0.5, 0.6) is 17.2 Å². The van der Waals surface area contributed by atoms with E-state index in [1.807, 2.05) is 24.3 Å². The average Bonchev–Trinajstić information content (AvgIpc) is 2.69. The van der Waals surface area contributed by atoms with Crippen molar-refractivity contribution in [2.75, 3.05) is 27.9 Å². The van der Waals surface area contributed by atoms with Crippen molar-refractivity contribution in [1.82, 2.24) is 10.6 Å². The maximum atomic E-state index is 12.2. The van der Waals surface area contributed by atoms with Crippen LogP contribution in [0.2, 0.25) is 0 Å². The molecule has 0 radical (unpaired) electrons. The molecule has 0 atom stereocenters. The van der Waals surface area contributed by atoms with Gasteiger partial charge >= 0.3 is 0 Å². The van der Waals surface area contributed by atoms with E-state index in [1.165, 1.54) is 14.2 Å². The Bertz CT molecular complexity index is 754. The summed E-state index contributed by atoms with van der Waals surface area (Å²) in [6, 6.07) is 12.2. The first-order valence-corrected chi connectivity index (χ1v) is 7.97. The number of carbonyl (C=O) groups is 2. The van der Waals surface area contributed by atoms with E-state index in [2.05, 4.69) is 10.6 Å². The molecule has 0 saturated carbocycles. The summed E-state index contributed by atoms with van der Waals surface area (Å²) in [4.78, 5) is 24.2. The van der Waals surface area contributed by atoms with E-state index in [4.69, 9.17) is 14.2 Å². The van der Waals surface area contributed by atoms with Gasteiger partial charge in [0, 0.05) is 23.7 Å². The van der Waals surface area contributed by atoms with Crippen LogP contribution in [-0.2, 0) is 11.3 Å². The third-order valence-corrected chi connectivity index (χ3v) is 3.69. The standard InChI is InChI=1S/C19H22N2O5/c1-24-15-8-14(9-16(10-15)25-2)19(23)21-12-18(22)20-11-13-6-4-5-7-17(13)26-3/h4-10H,11-12H2,1-3H3,(H,20,22)(H,21,23). The van der Waals surface area contributed by atoms with Crippen molar-refractivity contribution in [1.29, 1.82) is 0 Å². The molecule has 2 N–H and O–H groups in total. The van der Waals surface area contributed by atoms with Crippen LogP contribution in [0.25, 0.3) is 0 Å². The van der Waals surface area contributed by atoms with Crippen LogP contribution in [0.1, 0.15) is 15.9 Å². The second-order valence-corrected chi connectivity index (χ2v) is 5.37. The van der Waals surface area contributed by atoms with E-state index in [0.717, 1.165) is 5.56 Å². The first kappa shape index (κ1) is 19.1. The topological polar surface area (TPSA) is 85.9 Å². The molecule has 2 amide bonds. The van der Waals surface area contributed by atoms with Crippen molar-refractivity contribution in [3.05, 3.63) is 53.6 Å². The number of rotatable bonds is 8. The van der Waals surface area contributed by atoms with Crippen LogP contribution in [0.15, 0.2) is 42.5 Å². The van der Waals surface area contributed by atoms with Gasteiger partial charge in [0.15, 0.2) is 0 Å². The molecule has 0 aliphatic carbocycles. The molecule has 0 heterocycles. The monoisotopic (exact) mass is 358 g/mol. The predicted molar refractivity (Wildman–Crippen MR) is 96.7 cm³/mol. The Morgan fingerprint density at radius 2 is 1.54 bits per heavy atom. The SMILES string of the molecule is COc1cc(OC)cc(C(=O)NCC(=O)NCc2ccccc2OC)c1. The van der Waals surface area contributed by atoms with Crippen molar-refractivity contribution in [3.8, 4) is 17.2 Å². The molecule has 0 aromatic heterocycles. The zero-order valence-electron chi connectivity index (χ0n) is 15.0. The number of nitrogens with one attached hydrogen (secondary N) is 2. The fourth-order valence-electron chi connectivity index (χ4n) is 2.31. The minimum atomic E-state index is -0.394. The number of amides is 2. The molecule has 7 nitrogen and oxygen atoms in total. The lowest BCUT2D eigenvalue weighted by Gasteiger charge is -2.11. The molecule has 0 unspecified atom stereocenters. The van der Waals surface area contributed by atoms with Gasteiger partial charge in [0.1, 0.15) is 17.2 Å². The maximum Gasteiger partial charge on any atom is 0.251 e. The van der Waals surface area contributed by atoms with Gasteiger partial charge in [-0.15, -0.1) is 0 Å². The zero-order valence-corrected chi connectivity index (χ0v) is 15.0. The Morgan fingerprint density at radius 1 is 0.885 bits per heavy atom. The molecule has 0 spiro atoms. The summed E-state index contributed by atoms with van der Waals surface area (Å²) >= 11 is 0. The minimum Gasteiger partial charge on any atom is -0.497 e. The predicted octanol–water partition coefficient (Wildman–Crippen LogP) is 1.76. The van der Waals surface area contributed by atoms with Gasteiger partial charge in [0.2, 0.25) is 5.91 Å². The third-order valence-electron chi connectivity index (χ3n) is 3.69. The van der Waals surface area contributed by atoms with Crippen LogP contribution >= 0.6 is 0 Å². The normalized spacial score (nSPS) is 9.96. The lowest BCUT2D eigenvalue weighted by molar-refractivity contribution is -0.120. The van der Waals surface area contributed by atoms with Crippen LogP contribution < -0.4 is 24.8 Å². The summed E-state index contributed by atoms with van der Waals surface area (Å²) in [5.74, 6) is 0.985. The molecular weight excluding hydrogens is 336 g/mol. The van der Waals surface area contributed by atoms with Gasteiger partial charge in [-0.3, -0.25) is 9.59 Å². The Balaban J connectivity index is 1.90. The van der Waals surface area contributed by atoms with E-state index in [9.17, 15) is 9.59 Å². The summed E-state index contributed by atoms with van der Waals surface area (Å²) in [7, 11) is 4.58. The quantitative estimate of drug-likeness (QED) is 0.751. The molecule has 2 aromatic rings. The Labute approximate surface area is 152 Å². The Kier molecular flexibility index (Phi) is 6.84. The molecule has 0 saturated heterocycles. The molecule has 0 aliphatic heterocycles. The lowest BCUT2D eigenvalue weighted by Crippen LogP contribution is -2.36. The molecule has 2 aromatic carbocycles. The van der Waals surface area contributed by atoms with Crippen LogP contribution in [0, 0.1) is 0 Å². The highest BCUT2D eigenvalue weighted by atomic mass is 16.5. The van der Waals surface area contributed by atoms with E-state index in [0.29, 0.717) is 29.4 Å². The second-order valence-electron chi connectivity index (χ2n) is 5.37. The van der Waals surface area contributed by atoms with E-state index < -0.39 is 5.91 Å². The lowest BCUT2D eigenvalue weighted by atomic mass is 10.2. The van der Waals surface area contributed by atoms with Crippen molar-refractivity contribution in [3.63, 3.8) is 0 Å². The molecular formula is C19H22N2O5. The molecule has 0 bridgehead atoms. The number of para-hydroxylation sites is 1. The highest BCUT2D eigenvalue weighted by molar-refractivity contribution is 5.97. The molecule has 7 heteroatoms. The summed E-state index contributed by atoms with van der Waals surface area (Å²) < 4.78 is 15.5. The molecule has 26 heavy (non-hydrogen) atoms. The summed E-state index contributed by atoms with van der Waals surface area (Å²) in [6.45, 7) is 0.166. The van der Waals surface area contributed by atoms with E-state index in [1.54, 1.807) is 25.3 Å². The smallest absolute Gasteiger partial charge is 0.251 e. The number of hydrogen-bond acceptors (Lipinski definition) is 5. The largest absolute Gasteiger partial charge is 0.497 e. The number of carbonyl (C=O) groups excluding carboxylic acids is 2. The number of methoxy groups -OCH3 is 3. The molecule has 2 rings (SSSR count). The fourth-order valence-corrected chi connectivity index (χ4v) is 2.31.